The van der Waals surface area contributed by atoms with Gasteiger partial charge >= 0.3 is 0 Å². The van der Waals surface area contributed by atoms with Crippen molar-refractivity contribution in [1.82, 2.24) is 4.98 Å². The van der Waals surface area contributed by atoms with Gasteiger partial charge in [0.15, 0.2) is 0 Å². The van der Waals surface area contributed by atoms with Crippen molar-refractivity contribution in [3.63, 3.8) is 0 Å². The number of nitrogens with two attached hydrogens (primary N) is 1. The maximum Gasteiger partial charge on any atom is 0.147 e. The summed E-state index contributed by atoms with van der Waals surface area (Å²) < 4.78 is 5.26. The maximum absolute atomic E-state index is 9.32. The van der Waals surface area contributed by atoms with E-state index in [1.165, 1.54) is 6.26 Å². The van der Waals surface area contributed by atoms with Crippen molar-refractivity contribution in [3.05, 3.63) is 29.5 Å². The Bertz CT molecular complexity index is 695. The molecule has 0 fully saturated rings. The highest BCUT2D eigenvalue weighted by atomic mass is 16.3. The molecule has 0 radical (unpaired) electrons. The van der Waals surface area contributed by atoms with Crippen molar-refractivity contribution >= 4 is 11.6 Å². The number of rotatable bonds is 4. The van der Waals surface area contributed by atoms with E-state index in [2.05, 4.69) is 10.3 Å². The number of hydrogen-bond donors (Lipinski definition) is 3. The quantitative estimate of drug-likeness (QED) is 0.756. The van der Waals surface area contributed by atoms with Gasteiger partial charge in [0.1, 0.15) is 40.7 Å². The molecule has 0 spiro atoms. The number of pyridine rings is 1. The normalized spacial score (nSPS) is 9.75. The van der Waals surface area contributed by atoms with Crippen molar-refractivity contribution < 1.29 is 9.52 Å². The second-order valence-electron chi connectivity index (χ2n) is 3.82. The van der Waals surface area contributed by atoms with Gasteiger partial charge in [-0.25, -0.2) is 4.98 Å². The highest BCUT2D eigenvalue weighted by molar-refractivity contribution is 5.82. The number of aliphatic hydroxyl groups excluding tert-OH is 1. The molecule has 0 atom stereocenters. The van der Waals surface area contributed by atoms with Crippen LogP contribution in [0.15, 0.2) is 22.8 Å². The third-order valence-electron chi connectivity index (χ3n) is 2.62. The van der Waals surface area contributed by atoms with E-state index >= 15 is 0 Å². The van der Waals surface area contributed by atoms with Gasteiger partial charge in [0.25, 0.3) is 0 Å². The number of nitrogens with zero attached hydrogens (tertiary/aromatic N) is 3. The van der Waals surface area contributed by atoms with Crippen LogP contribution in [0.2, 0.25) is 0 Å². The molecular weight excluding hydrogens is 258 g/mol. The predicted molar refractivity (Wildman–Crippen MR) is 71.4 cm³/mol. The van der Waals surface area contributed by atoms with Gasteiger partial charge in [-0.05, 0) is 12.1 Å². The third-order valence-corrected chi connectivity index (χ3v) is 2.62. The van der Waals surface area contributed by atoms with Gasteiger partial charge in [0.05, 0.1) is 18.4 Å². The summed E-state index contributed by atoms with van der Waals surface area (Å²) in [4.78, 5) is 3.99. The number of nitrogens with one attached hydrogen (secondary N) is 1. The van der Waals surface area contributed by atoms with Gasteiger partial charge in [0, 0.05) is 6.54 Å². The molecule has 2 aromatic heterocycles. The van der Waals surface area contributed by atoms with Crippen LogP contribution in [-0.2, 0) is 0 Å². The zero-order valence-corrected chi connectivity index (χ0v) is 10.4. The Labute approximate surface area is 114 Å². The molecule has 0 aliphatic carbocycles. The highest BCUT2D eigenvalue weighted by Crippen LogP contribution is 2.33. The fraction of sp³-hybridized carbons (Fsp3) is 0.154. The van der Waals surface area contributed by atoms with E-state index in [1.807, 2.05) is 12.1 Å². The lowest BCUT2D eigenvalue weighted by Gasteiger charge is -2.12. The van der Waals surface area contributed by atoms with Gasteiger partial charge in [-0.1, -0.05) is 0 Å². The van der Waals surface area contributed by atoms with Crippen LogP contribution in [0.3, 0.4) is 0 Å². The Balaban J connectivity index is 2.72. The number of aliphatic hydroxyl groups is 1. The minimum Gasteiger partial charge on any atom is -0.464 e. The molecule has 100 valence electrons. The molecule has 20 heavy (non-hydrogen) atoms. The van der Waals surface area contributed by atoms with Crippen LogP contribution in [0.25, 0.3) is 11.3 Å². The minimum absolute atomic E-state index is 0.00154. The lowest BCUT2D eigenvalue weighted by molar-refractivity contribution is 0.311. The Morgan fingerprint density at radius 2 is 2.10 bits per heavy atom. The molecule has 4 N–H and O–H groups in total. The second kappa shape index (κ2) is 5.74. The smallest absolute Gasteiger partial charge is 0.147 e. The van der Waals surface area contributed by atoms with E-state index in [-0.39, 0.29) is 35.9 Å². The van der Waals surface area contributed by atoms with E-state index in [0.717, 1.165) is 0 Å². The first-order valence-electron chi connectivity index (χ1n) is 5.75. The molecule has 2 rings (SSSR count). The van der Waals surface area contributed by atoms with E-state index < -0.39 is 0 Å². The molecule has 2 aromatic rings. The lowest BCUT2D eigenvalue weighted by atomic mass is 10.0. The lowest BCUT2D eigenvalue weighted by Crippen LogP contribution is -2.11. The molecule has 0 saturated carbocycles. The fourth-order valence-electron chi connectivity index (χ4n) is 1.80. The SMILES string of the molecule is N#Cc1c(N)nc(NCCO)c(C#N)c1-c1ccco1. The Morgan fingerprint density at radius 3 is 2.65 bits per heavy atom. The summed E-state index contributed by atoms with van der Waals surface area (Å²) >= 11 is 0. The molecule has 0 aliphatic heterocycles. The van der Waals surface area contributed by atoms with Gasteiger partial charge in [-0.2, -0.15) is 10.5 Å². The van der Waals surface area contributed by atoms with Crippen LogP contribution in [0.4, 0.5) is 11.6 Å². The van der Waals surface area contributed by atoms with Crippen molar-refractivity contribution in [2.75, 3.05) is 24.2 Å². The van der Waals surface area contributed by atoms with Crippen LogP contribution in [0.1, 0.15) is 11.1 Å². The number of furan rings is 1. The van der Waals surface area contributed by atoms with Crippen LogP contribution in [0, 0.1) is 22.7 Å². The predicted octanol–water partition coefficient (Wildman–Crippen LogP) is 1.07. The zero-order chi connectivity index (χ0) is 14.5. The van der Waals surface area contributed by atoms with Crippen molar-refractivity contribution in [2.45, 2.75) is 0 Å². The summed E-state index contributed by atoms with van der Waals surface area (Å²) in [6.07, 6.45) is 1.44. The Kier molecular flexibility index (Phi) is 3.85. The number of hydrogen-bond acceptors (Lipinski definition) is 7. The monoisotopic (exact) mass is 269 g/mol. The number of nitrogen functional groups attached to an aromatic ring is 1. The molecule has 0 bridgehead atoms. The second-order valence-corrected chi connectivity index (χ2v) is 3.82. The van der Waals surface area contributed by atoms with E-state index in [0.29, 0.717) is 11.3 Å². The fourth-order valence-corrected chi connectivity index (χ4v) is 1.80. The van der Waals surface area contributed by atoms with E-state index in [9.17, 15) is 10.5 Å². The van der Waals surface area contributed by atoms with Gasteiger partial charge in [-0.15, -0.1) is 0 Å². The van der Waals surface area contributed by atoms with Crippen LogP contribution < -0.4 is 11.1 Å². The summed E-state index contributed by atoms with van der Waals surface area (Å²) in [6.45, 7) is 0.0904. The molecule has 0 amide bonds. The molecular formula is C13H11N5O2. The molecule has 2 heterocycles. The third kappa shape index (κ3) is 2.26. The number of nitriles is 2. The van der Waals surface area contributed by atoms with Crippen LogP contribution >= 0.6 is 0 Å². The largest absolute Gasteiger partial charge is 0.464 e. The van der Waals surface area contributed by atoms with Crippen molar-refractivity contribution in [2.24, 2.45) is 0 Å². The van der Waals surface area contributed by atoms with E-state index in [4.69, 9.17) is 15.3 Å². The van der Waals surface area contributed by atoms with Gasteiger partial charge in [0.2, 0.25) is 0 Å². The first-order chi connectivity index (χ1) is 9.72. The molecule has 0 aliphatic rings. The highest BCUT2D eigenvalue weighted by Gasteiger charge is 2.21. The molecule has 0 saturated heterocycles. The molecule has 0 unspecified atom stereocenters. The minimum atomic E-state index is -0.122. The first-order valence-corrected chi connectivity index (χ1v) is 5.75. The summed E-state index contributed by atoms with van der Waals surface area (Å²) in [5, 5.41) is 30.2. The topological polar surface area (TPSA) is 132 Å². The number of anilines is 2. The molecule has 0 aromatic carbocycles. The van der Waals surface area contributed by atoms with Crippen LogP contribution in [-0.4, -0.2) is 23.2 Å². The van der Waals surface area contributed by atoms with Crippen molar-refractivity contribution in [3.8, 4) is 23.5 Å². The van der Waals surface area contributed by atoms with Crippen LogP contribution in [0.5, 0.6) is 0 Å². The van der Waals surface area contributed by atoms with E-state index in [1.54, 1.807) is 12.1 Å². The number of aromatic nitrogens is 1. The van der Waals surface area contributed by atoms with Gasteiger partial charge < -0.3 is 20.6 Å². The average Bonchev–Trinajstić information content (AvgIpc) is 2.98. The molecule has 7 nitrogen and oxygen atoms in total. The first kappa shape index (κ1) is 13.4. The average molecular weight is 269 g/mol. The van der Waals surface area contributed by atoms with Gasteiger partial charge in [-0.3, -0.25) is 0 Å². The molecule has 7 heteroatoms. The maximum atomic E-state index is 9.32. The Hall–Kier alpha value is -3.03. The zero-order valence-electron chi connectivity index (χ0n) is 10.4. The standard InChI is InChI=1S/C13H11N5O2/c14-6-8-11(10-2-1-5-20-10)9(7-15)13(17-3-4-19)18-12(8)16/h1-2,5,19H,3-4H2,(H3,16,17,18). The summed E-state index contributed by atoms with van der Waals surface area (Å²) in [6, 6.07) is 7.20. The summed E-state index contributed by atoms with van der Waals surface area (Å²) in [5.41, 5.74) is 6.29. The summed E-state index contributed by atoms with van der Waals surface area (Å²) in [7, 11) is 0. The Morgan fingerprint density at radius 1 is 1.35 bits per heavy atom. The summed E-state index contributed by atoms with van der Waals surface area (Å²) in [5.74, 6) is 0.571. The van der Waals surface area contributed by atoms with Crippen molar-refractivity contribution in [1.29, 1.82) is 10.5 Å².